The van der Waals surface area contributed by atoms with Crippen LogP contribution in [0.5, 0.6) is 0 Å². The molecule has 0 aliphatic carbocycles. The predicted molar refractivity (Wildman–Crippen MR) is 101 cm³/mol. The van der Waals surface area contributed by atoms with Crippen LogP contribution < -0.4 is 11.1 Å². The molecule has 0 saturated carbocycles. The Balaban J connectivity index is 1.66. The highest BCUT2D eigenvalue weighted by atomic mass is 32.1. The second-order valence-corrected chi connectivity index (χ2v) is 6.32. The second kappa shape index (κ2) is 8.39. The third-order valence-corrected chi connectivity index (χ3v) is 4.37. The summed E-state index contributed by atoms with van der Waals surface area (Å²) >= 11 is 1.54. The van der Waals surface area contributed by atoms with Crippen molar-refractivity contribution >= 4 is 34.9 Å². The highest BCUT2D eigenvalue weighted by molar-refractivity contribution is 7.07. The van der Waals surface area contributed by atoms with Gasteiger partial charge in [-0.05, 0) is 40.4 Å². The van der Waals surface area contributed by atoms with Crippen LogP contribution in [0.1, 0.15) is 23.9 Å². The van der Waals surface area contributed by atoms with Crippen molar-refractivity contribution in [3.05, 3.63) is 58.0 Å². The van der Waals surface area contributed by atoms with Gasteiger partial charge in [0.2, 0.25) is 11.9 Å². The molecule has 0 aliphatic heterocycles. The van der Waals surface area contributed by atoms with Crippen LogP contribution in [0.25, 0.3) is 0 Å². The van der Waals surface area contributed by atoms with Crippen molar-refractivity contribution in [2.75, 3.05) is 11.1 Å². The fourth-order valence-electron chi connectivity index (χ4n) is 2.39. The Morgan fingerprint density at radius 2 is 2.08 bits per heavy atom. The first-order valence-electron chi connectivity index (χ1n) is 8.16. The van der Waals surface area contributed by atoms with Gasteiger partial charge < -0.3 is 15.8 Å². The van der Waals surface area contributed by atoms with E-state index in [4.69, 9.17) is 10.5 Å². The molecular weight excluding hydrogens is 350 g/mol. The number of hydrogen-bond acceptors (Lipinski definition) is 8. The number of benzene rings is 1. The molecule has 0 unspecified atom stereocenters. The lowest BCUT2D eigenvalue weighted by Crippen LogP contribution is -2.12. The van der Waals surface area contributed by atoms with Gasteiger partial charge in [-0.2, -0.15) is 26.3 Å². The van der Waals surface area contributed by atoms with E-state index >= 15 is 0 Å². The number of rotatable bonds is 7. The van der Waals surface area contributed by atoms with Crippen LogP contribution >= 0.6 is 11.3 Å². The summed E-state index contributed by atoms with van der Waals surface area (Å²) in [5, 5.41) is 6.98. The summed E-state index contributed by atoms with van der Waals surface area (Å²) in [6.45, 7) is 2.01. The predicted octanol–water partition coefficient (Wildman–Crippen LogP) is 3.11. The largest absolute Gasteiger partial charge is 0.457 e. The third kappa shape index (κ3) is 4.76. The van der Waals surface area contributed by atoms with Crippen molar-refractivity contribution < 1.29 is 9.53 Å². The molecule has 0 aliphatic rings. The maximum Gasteiger partial charge on any atom is 0.310 e. The van der Waals surface area contributed by atoms with Crippen LogP contribution in [0, 0.1) is 0 Å². The van der Waals surface area contributed by atoms with E-state index in [1.54, 1.807) is 0 Å². The molecule has 134 valence electrons. The molecule has 1 aromatic carbocycles. The fraction of sp³-hybridized carbons (Fsp3) is 0.222. The van der Waals surface area contributed by atoms with Gasteiger partial charge in [0.05, 0.1) is 6.42 Å². The highest BCUT2D eigenvalue weighted by Gasteiger charge is 2.10. The van der Waals surface area contributed by atoms with Gasteiger partial charge in [0.15, 0.2) is 12.4 Å². The summed E-state index contributed by atoms with van der Waals surface area (Å²) in [7, 11) is 0. The van der Waals surface area contributed by atoms with E-state index < -0.39 is 0 Å². The van der Waals surface area contributed by atoms with Gasteiger partial charge in [-0.25, -0.2) is 0 Å². The van der Waals surface area contributed by atoms with Crippen molar-refractivity contribution in [2.24, 2.45) is 0 Å². The molecule has 0 amide bonds. The number of anilines is 3. The summed E-state index contributed by atoms with van der Waals surface area (Å²) in [5.41, 5.74) is 8.72. The van der Waals surface area contributed by atoms with Crippen molar-refractivity contribution in [2.45, 2.75) is 26.4 Å². The lowest BCUT2D eigenvalue weighted by molar-refractivity contribution is -0.144. The molecule has 3 aromatic rings. The van der Waals surface area contributed by atoms with Crippen LogP contribution in [-0.4, -0.2) is 20.9 Å². The van der Waals surface area contributed by atoms with Gasteiger partial charge in [0.25, 0.3) is 0 Å². The lowest BCUT2D eigenvalue weighted by atomic mass is 10.1. The van der Waals surface area contributed by atoms with Crippen LogP contribution in [-0.2, 0) is 29.0 Å². The summed E-state index contributed by atoms with van der Waals surface area (Å²) in [6, 6.07) is 9.77. The molecular formula is C18H19N5O2S. The number of nitrogen functional groups attached to an aromatic ring is 1. The van der Waals surface area contributed by atoms with E-state index in [1.807, 2.05) is 41.1 Å². The number of nitrogens with zero attached hydrogens (tertiary/aromatic N) is 3. The first-order chi connectivity index (χ1) is 12.6. The minimum Gasteiger partial charge on any atom is -0.457 e. The number of nitrogens with two attached hydrogens (primary N) is 1. The number of para-hydroxylation sites is 1. The molecule has 2 heterocycles. The normalized spacial score (nSPS) is 10.5. The van der Waals surface area contributed by atoms with E-state index in [0.29, 0.717) is 11.8 Å². The molecule has 8 heteroatoms. The van der Waals surface area contributed by atoms with Crippen molar-refractivity contribution in [1.29, 1.82) is 0 Å². The Labute approximate surface area is 155 Å². The third-order valence-electron chi connectivity index (χ3n) is 3.63. The zero-order chi connectivity index (χ0) is 18.4. The molecule has 0 fully saturated rings. The number of carbonyl (C=O) groups excluding carboxylic acids is 1. The molecule has 26 heavy (non-hydrogen) atoms. The van der Waals surface area contributed by atoms with Crippen LogP contribution in [0.15, 0.2) is 41.1 Å². The first-order valence-corrected chi connectivity index (χ1v) is 9.10. The number of carbonyl (C=O) groups is 1. The Hall–Kier alpha value is -3.00. The molecule has 0 bridgehead atoms. The molecule has 0 atom stereocenters. The van der Waals surface area contributed by atoms with E-state index in [0.717, 1.165) is 23.2 Å². The average molecular weight is 369 g/mol. The maximum absolute atomic E-state index is 11.9. The molecule has 3 rings (SSSR count). The Bertz CT molecular complexity index is 883. The average Bonchev–Trinajstić information content (AvgIpc) is 3.13. The number of thiophene rings is 1. The van der Waals surface area contributed by atoms with Gasteiger partial charge in [-0.1, -0.05) is 25.1 Å². The number of nitrogens with one attached hydrogen (secondary N) is 1. The fourth-order valence-corrected chi connectivity index (χ4v) is 3.05. The lowest BCUT2D eigenvalue weighted by Gasteiger charge is -2.10. The molecule has 7 nitrogen and oxygen atoms in total. The van der Waals surface area contributed by atoms with Gasteiger partial charge in [0, 0.05) is 5.69 Å². The smallest absolute Gasteiger partial charge is 0.310 e. The van der Waals surface area contributed by atoms with Crippen LogP contribution in [0.4, 0.5) is 17.6 Å². The summed E-state index contributed by atoms with van der Waals surface area (Å²) in [4.78, 5) is 24.3. The molecule has 0 radical (unpaired) electrons. The van der Waals surface area contributed by atoms with E-state index in [-0.39, 0.29) is 24.9 Å². The molecule has 0 saturated heterocycles. The molecule has 2 aromatic heterocycles. The van der Waals surface area contributed by atoms with E-state index in [2.05, 4.69) is 27.2 Å². The summed E-state index contributed by atoms with van der Waals surface area (Å²) in [6.07, 6.45) is 1.09. The number of aryl methyl sites for hydroxylation is 1. The zero-order valence-corrected chi connectivity index (χ0v) is 15.1. The van der Waals surface area contributed by atoms with Gasteiger partial charge in [-0.15, -0.1) is 0 Å². The van der Waals surface area contributed by atoms with Crippen molar-refractivity contribution in [1.82, 2.24) is 15.0 Å². The molecule has 3 N–H and O–H groups in total. The minimum absolute atomic E-state index is 0.0558. The van der Waals surface area contributed by atoms with Crippen molar-refractivity contribution in [3.8, 4) is 0 Å². The highest BCUT2D eigenvalue weighted by Crippen LogP contribution is 2.19. The quantitative estimate of drug-likeness (QED) is 0.617. The zero-order valence-electron chi connectivity index (χ0n) is 14.3. The Kier molecular flexibility index (Phi) is 5.75. The number of esters is 1. The first kappa shape index (κ1) is 17.8. The second-order valence-electron chi connectivity index (χ2n) is 5.54. The Morgan fingerprint density at radius 1 is 1.23 bits per heavy atom. The van der Waals surface area contributed by atoms with E-state index in [9.17, 15) is 4.79 Å². The van der Waals surface area contributed by atoms with Gasteiger partial charge >= 0.3 is 5.97 Å². The summed E-state index contributed by atoms with van der Waals surface area (Å²) < 4.78 is 5.24. The van der Waals surface area contributed by atoms with Crippen molar-refractivity contribution in [3.63, 3.8) is 0 Å². The van der Waals surface area contributed by atoms with Gasteiger partial charge in [0.1, 0.15) is 0 Å². The van der Waals surface area contributed by atoms with Crippen LogP contribution in [0.2, 0.25) is 0 Å². The topological polar surface area (TPSA) is 103 Å². The monoisotopic (exact) mass is 369 g/mol. The SMILES string of the molecule is CCc1ccccc1Nc1nc(N)nc(COC(=O)Cc2ccsc2)n1. The maximum atomic E-state index is 11.9. The summed E-state index contributed by atoms with van der Waals surface area (Å²) in [5.74, 6) is 0.350. The van der Waals surface area contributed by atoms with Crippen LogP contribution in [0.3, 0.4) is 0 Å². The van der Waals surface area contributed by atoms with E-state index in [1.165, 1.54) is 11.3 Å². The number of hydrogen-bond donors (Lipinski definition) is 2. The molecule has 0 spiro atoms. The number of aromatic nitrogens is 3. The standard InChI is InChI=1S/C18H19N5O2S/c1-2-13-5-3-4-6-14(13)20-18-22-15(21-17(19)23-18)10-25-16(24)9-12-7-8-26-11-12/h3-8,11H,2,9-10H2,1H3,(H3,19,20,21,22,23). The number of ether oxygens (including phenoxy) is 1. The Morgan fingerprint density at radius 3 is 2.85 bits per heavy atom. The minimum atomic E-state index is -0.340. The van der Waals surface area contributed by atoms with Gasteiger partial charge in [-0.3, -0.25) is 4.79 Å².